The SMILES string of the molecule is C.C.CC(C)C.CC(C)C.[B].c1ccncc1. The summed E-state index contributed by atoms with van der Waals surface area (Å²) < 4.78 is 0. The number of pyridine rings is 1. The van der Waals surface area contributed by atoms with E-state index in [9.17, 15) is 0 Å². The van der Waals surface area contributed by atoms with Gasteiger partial charge in [0, 0.05) is 20.8 Å². The maximum absolute atomic E-state index is 3.78. The molecule has 0 unspecified atom stereocenters. The number of hydrogen-bond donors (Lipinski definition) is 0. The van der Waals surface area contributed by atoms with E-state index in [1.807, 2.05) is 18.2 Å². The zero-order valence-electron chi connectivity index (χ0n) is 11.1. The van der Waals surface area contributed by atoms with Gasteiger partial charge in [-0.3, -0.25) is 4.98 Å². The first kappa shape index (κ1) is 29.8. The maximum atomic E-state index is 3.78. The quantitative estimate of drug-likeness (QED) is 0.559. The Kier molecular flexibility index (Phi) is 42.9. The highest BCUT2D eigenvalue weighted by Gasteiger charge is 1.68. The molecule has 1 rings (SSSR count). The smallest absolute Gasteiger partial charge is 0.0267 e. The molecule has 0 saturated heterocycles. The third-order valence-electron chi connectivity index (χ3n) is 0.566. The first-order valence-electron chi connectivity index (χ1n) is 5.31. The topological polar surface area (TPSA) is 12.9 Å². The summed E-state index contributed by atoms with van der Waals surface area (Å²) in [6, 6.07) is 5.72. The van der Waals surface area contributed by atoms with Crippen LogP contribution in [-0.2, 0) is 0 Å². The maximum Gasteiger partial charge on any atom is 0.0267 e. The molecule has 0 aliphatic heterocycles. The van der Waals surface area contributed by atoms with Crippen LogP contribution in [0.1, 0.15) is 56.4 Å². The zero-order valence-corrected chi connectivity index (χ0v) is 11.1. The first-order valence-corrected chi connectivity index (χ1v) is 5.31. The number of nitrogens with zero attached hydrogens (tertiary/aromatic N) is 1. The van der Waals surface area contributed by atoms with Crippen LogP contribution in [0.2, 0.25) is 0 Å². The van der Waals surface area contributed by atoms with Gasteiger partial charge in [-0.15, -0.1) is 0 Å². The molecule has 0 aliphatic rings. The second kappa shape index (κ2) is 24.4. The van der Waals surface area contributed by atoms with Crippen LogP contribution in [0, 0.1) is 11.8 Å². The van der Waals surface area contributed by atoms with Crippen molar-refractivity contribution in [1.82, 2.24) is 4.98 Å². The molecule has 3 radical (unpaired) electrons. The summed E-state index contributed by atoms with van der Waals surface area (Å²) in [7, 11) is 0. The van der Waals surface area contributed by atoms with Gasteiger partial charge in [0.25, 0.3) is 0 Å². The van der Waals surface area contributed by atoms with Crippen LogP contribution in [0.3, 0.4) is 0 Å². The van der Waals surface area contributed by atoms with Crippen LogP contribution in [0.4, 0.5) is 0 Å². The molecule has 17 heavy (non-hydrogen) atoms. The molecular weight excluding hydrogens is 205 g/mol. The molecule has 0 bridgehead atoms. The Balaban J connectivity index is -0.0000000403. The zero-order chi connectivity index (χ0) is 11.4. The van der Waals surface area contributed by atoms with Crippen LogP contribution in [-0.4, -0.2) is 13.4 Å². The van der Waals surface area contributed by atoms with Gasteiger partial charge in [0.1, 0.15) is 0 Å². The van der Waals surface area contributed by atoms with Crippen molar-refractivity contribution in [3.63, 3.8) is 0 Å². The summed E-state index contributed by atoms with van der Waals surface area (Å²) in [6.07, 6.45) is 3.50. The molecule has 0 aromatic carbocycles. The summed E-state index contributed by atoms with van der Waals surface area (Å²) >= 11 is 0. The Bertz CT molecular complexity index is 135. The van der Waals surface area contributed by atoms with E-state index in [0.29, 0.717) is 0 Å². The Morgan fingerprint density at radius 3 is 0.941 bits per heavy atom. The average molecular weight is 238 g/mol. The van der Waals surface area contributed by atoms with Gasteiger partial charge in [0.05, 0.1) is 0 Å². The predicted molar refractivity (Wildman–Crippen MR) is 84.5 cm³/mol. The van der Waals surface area contributed by atoms with E-state index < -0.39 is 0 Å². The first-order chi connectivity index (χ1) is 6.46. The number of aromatic nitrogens is 1. The second-order valence-electron chi connectivity index (χ2n) is 4.49. The minimum Gasteiger partial charge on any atom is -0.265 e. The van der Waals surface area contributed by atoms with E-state index in [1.54, 1.807) is 12.4 Å². The van der Waals surface area contributed by atoms with Gasteiger partial charge in [0.15, 0.2) is 0 Å². The van der Waals surface area contributed by atoms with Crippen molar-refractivity contribution < 1.29 is 0 Å². The molecule has 1 aromatic heterocycles. The highest BCUT2D eigenvalue weighted by Crippen LogP contribution is 1.81. The Morgan fingerprint density at radius 2 is 0.882 bits per heavy atom. The molecule has 0 aliphatic carbocycles. The fourth-order valence-corrected chi connectivity index (χ4v) is 0.313. The van der Waals surface area contributed by atoms with E-state index in [0.717, 1.165) is 11.8 Å². The van der Waals surface area contributed by atoms with Gasteiger partial charge in [0.2, 0.25) is 0 Å². The molecule has 0 atom stereocenters. The van der Waals surface area contributed by atoms with Gasteiger partial charge < -0.3 is 0 Å². The summed E-state index contributed by atoms with van der Waals surface area (Å²) in [5.41, 5.74) is 0. The summed E-state index contributed by atoms with van der Waals surface area (Å²) in [5.74, 6) is 1.67. The van der Waals surface area contributed by atoms with E-state index >= 15 is 0 Å². The Morgan fingerprint density at radius 1 is 0.647 bits per heavy atom. The van der Waals surface area contributed by atoms with Gasteiger partial charge in [-0.05, 0) is 24.0 Å². The van der Waals surface area contributed by atoms with Crippen LogP contribution in [0.15, 0.2) is 30.6 Å². The van der Waals surface area contributed by atoms with Gasteiger partial charge >= 0.3 is 0 Å². The molecule has 2 heteroatoms. The monoisotopic (exact) mass is 238 g/mol. The fraction of sp³-hybridized carbons (Fsp3) is 0.667. The van der Waals surface area contributed by atoms with Crippen molar-refractivity contribution >= 4 is 8.41 Å². The lowest BCUT2D eigenvalue weighted by molar-refractivity contribution is 0.736. The van der Waals surface area contributed by atoms with Crippen molar-refractivity contribution in [2.24, 2.45) is 11.8 Å². The molecule has 1 aromatic rings. The van der Waals surface area contributed by atoms with E-state index in [4.69, 9.17) is 0 Å². The van der Waals surface area contributed by atoms with Crippen molar-refractivity contribution in [2.75, 3.05) is 0 Å². The third kappa shape index (κ3) is 97.7. The van der Waals surface area contributed by atoms with Crippen molar-refractivity contribution in [2.45, 2.75) is 56.4 Å². The molecule has 0 amide bonds. The summed E-state index contributed by atoms with van der Waals surface area (Å²) in [6.45, 7) is 13.0. The molecular formula is C15H33BN. The molecule has 101 valence electrons. The number of rotatable bonds is 0. The molecule has 0 N–H and O–H groups in total. The second-order valence-corrected chi connectivity index (χ2v) is 4.49. The van der Waals surface area contributed by atoms with Crippen LogP contribution in [0.25, 0.3) is 0 Å². The average Bonchev–Trinajstić information content (AvgIpc) is 2.05. The molecule has 0 spiro atoms. The molecule has 0 fully saturated rings. The standard InChI is InChI=1S/C5H5N.2C4H10.2CH4.B/c1-2-4-6-5-3-1;2*1-4(2)3;;;/h1-5H;2*4H,1-3H3;2*1H4;. The highest BCUT2D eigenvalue weighted by atomic mass is 14.6. The lowest BCUT2D eigenvalue weighted by Crippen LogP contribution is -1.66. The molecule has 0 saturated carbocycles. The van der Waals surface area contributed by atoms with Crippen LogP contribution >= 0.6 is 0 Å². The van der Waals surface area contributed by atoms with Crippen molar-refractivity contribution in [3.8, 4) is 0 Å². The van der Waals surface area contributed by atoms with Crippen molar-refractivity contribution in [3.05, 3.63) is 30.6 Å². The third-order valence-corrected chi connectivity index (χ3v) is 0.566. The van der Waals surface area contributed by atoms with Crippen LogP contribution < -0.4 is 0 Å². The lowest BCUT2D eigenvalue weighted by atomic mass is 10.3. The fourth-order valence-electron chi connectivity index (χ4n) is 0.313. The molecule has 1 heterocycles. The minimum absolute atomic E-state index is 0. The minimum atomic E-state index is 0. The van der Waals surface area contributed by atoms with Gasteiger partial charge in [-0.1, -0.05) is 62.5 Å². The lowest BCUT2D eigenvalue weighted by Gasteiger charge is -1.79. The summed E-state index contributed by atoms with van der Waals surface area (Å²) in [5, 5.41) is 0. The van der Waals surface area contributed by atoms with E-state index in [1.165, 1.54) is 0 Å². The number of hydrogen-bond acceptors (Lipinski definition) is 1. The largest absolute Gasteiger partial charge is 0.265 e. The molecule has 1 nitrogen and oxygen atoms in total. The van der Waals surface area contributed by atoms with Gasteiger partial charge in [-0.2, -0.15) is 0 Å². The van der Waals surface area contributed by atoms with E-state index in [-0.39, 0.29) is 23.3 Å². The van der Waals surface area contributed by atoms with Crippen LogP contribution in [0.5, 0.6) is 0 Å². The normalized spacial score (nSPS) is 7.06. The Labute approximate surface area is 113 Å². The predicted octanol–water partition coefficient (Wildman–Crippen LogP) is 5.30. The van der Waals surface area contributed by atoms with Crippen molar-refractivity contribution in [1.29, 1.82) is 0 Å². The Hall–Kier alpha value is -0.785. The summed E-state index contributed by atoms with van der Waals surface area (Å²) in [4.78, 5) is 3.78. The van der Waals surface area contributed by atoms with Gasteiger partial charge in [-0.25, -0.2) is 0 Å². The van der Waals surface area contributed by atoms with E-state index in [2.05, 4.69) is 46.5 Å². The highest BCUT2D eigenvalue weighted by molar-refractivity contribution is 5.75.